The summed E-state index contributed by atoms with van der Waals surface area (Å²) in [6.45, 7) is 8.71. The number of nitrogens with zero attached hydrogens (tertiary/aromatic N) is 1. The molecule has 2 aromatic rings. The number of carbonyl (C=O) groups is 1. The first-order valence-electron chi connectivity index (χ1n) is 9.45. The molecule has 0 aliphatic carbocycles. The zero-order valence-corrected chi connectivity index (χ0v) is 15.8. The summed E-state index contributed by atoms with van der Waals surface area (Å²) in [5, 5.41) is 12.6. The number of hydrogen-bond acceptors (Lipinski definition) is 3. The van der Waals surface area contributed by atoms with Gasteiger partial charge >= 0.3 is 5.97 Å². The van der Waals surface area contributed by atoms with E-state index >= 15 is 0 Å². The van der Waals surface area contributed by atoms with E-state index in [2.05, 4.69) is 73.5 Å². The quantitative estimate of drug-likeness (QED) is 0.750. The second kappa shape index (κ2) is 7.81. The molecule has 0 saturated carbocycles. The van der Waals surface area contributed by atoms with Gasteiger partial charge in [-0.05, 0) is 47.7 Å². The van der Waals surface area contributed by atoms with Crippen molar-refractivity contribution in [2.24, 2.45) is 5.92 Å². The van der Waals surface area contributed by atoms with Crippen molar-refractivity contribution < 1.29 is 9.90 Å². The van der Waals surface area contributed by atoms with Crippen LogP contribution in [0.4, 0.5) is 11.4 Å². The van der Waals surface area contributed by atoms with Crippen LogP contribution in [-0.4, -0.2) is 30.7 Å². The van der Waals surface area contributed by atoms with Crippen molar-refractivity contribution >= 4 is 17.3 Å². The lowest BCUT2D eigenvalue weighted by atomic mass is 9.94. The Bertz CT molecular complexity index is 779. The van der Waals surface area contributed by atoms with Crippen LogP contribution in [0.1, 0.15) is 38.7 Å². The molecule has 1 saturated heterocycles. The SMILES string of the molecule is CCCNc1ccc(C(C)C)cc1-c1cccc(N2CC(C(=O)O)C2)c1. The summed E-state index contributed by atoms with van der Waals surface area (Å²) >= 11 is 0. The number of rotatable bonds is 7. The number of hydrogen-bond donors (Lipinski definition) is 2. The molecule has 26 heavy (non-hydrogen) atoms. The van der Waals surface area contributed by atoms with Crippen molar-refractivity contribution in [2.45, 2.75) is 33.1 Å². The van der Waals surface area contributed by atoms with E-state index in [9.17, 15) is 4.79 Å². The molecule has 1 fully saturated rings. The van der Waals surface area contributed by atoms with Crippen molar-refractivity contribution in [1.82, 2.24) is 0 Å². The summed E-state index contributed by atoms with van der Waals surface area (Å²) in [5.74, 6) is -0.471. The molecular weight excluding hydrogens is 324 g/mol. The molecule has 4 heteroatoms. The number of aliphatic carboxylic acids is 1. The van der Waals surface area contributed by atoms with Crippen LogP contribution in [0.15, 0.2) is 42.5 Å². The van der Waals surface area contributed by atoms with E-state index in [0.717, 1.165) is 24.3 Å². The highest BCUT2D eigenvalue weighted by Gasteiger charge is 2.32. The zero-order chi connectivity index (χ0) is 18.7. The van der Waals surface area contributed by atoms with Crippen LogP contribution >= 0.6 is 0 Å². The highest BCUT2D eigenvalue weighted by Crippen LogP contribution is 2.35. The Labute approximate surface area is 155 Å². The first kappa shape index (κ1) is 18.3. The molecule has 0 bridgehead atoms. The van der Waals surface area contributed by atoms with Gasteiger partial charge in [-0.2, -0.15) is 0 Å². The summed E-state index contributed by atoms with van der Waals surface area (Å²) in [7, 11) is 0. The van der Waals surface area contributed by atoms with Gasteiger partial charge in [0.1, 0.15) is 0 Å². The minimum atomic E-state index is -0.701. The largest absolute Gasteiger partial charge is 0.481 e. The van der Waals surface area contributed by atoms with Crippen molar-refractivity contribution in [3.8, 4) is 11.1 Å². The fraction of sp³-hybridized carbons (Fsp3) is 0.409. The van der Waals surface area contributed by atoms with Gasteiger partial charge in [-0.1, -0.05) is 39.0 Å². The predicted octanol–water partition coefficient (Wildman–Crippen LogP) is 4.82. The highest BCUT2D eigenvalue weighted by atomic mass is 16.4. The van der Waals surface area contributed by atoms with Crippen molar-refractivity contribution in [2.75, 3.05) is 29.9 Å². The van der Waals surface area contributed by atoms with E-state index in [0.29, 0.717) is 19.0 Å². The maximum Gasteiger partial charge on any atom is 0.310 e. The zero-order valence-electron chi connectivity index (χ0n) is 15.8. The number of benzene rings is 2. The standard InChI is InChI=1S/C22H28N2O2/c1-4-10-23-21-9-8-16(15(2)3)12-20(21)17-6-5-7-19(11-17)24-13-18(14-24)22(25)26/h5-9,11-12,15,18,23H,4,10,13-14H2,1-3H3,(H,25,26). The van der Waals surface area contributed by atoms with Crippen molar-refractivity contribution in [3.63, 3.8) is 0 Å². The van der Waals surface area contributed by atoms with E-state index in [1.165, 1.54) is 16.7 Å². The maximum atomic E-state index is 11.1. The first-order valence-corrected chi connectivity index (χ1v) is 9.45. The molecule has 4 nitrogen and oxygen atoms in total. The predicted molar refractivity (Wildman–Crippen MR) is 108 cm³/mol. The van der Waals surface area contributed by atoms with E-state index < -0.39 is 5.97 Å². The van der Waals surface area contributed by atoms with E-state index in [-0.39, 0.29) is 5.92 Å². The molecule has 138 valence electrons. The average molecular weight is 352 g/mol. The third-order valence-corrected chi connectivity index (χ3v) is 5.03. The molecule has 2 N–H and O–H groups in total. The summed E-state index contributed by atoms with van der Waals surface area (Å²) < 4.78 is 0. The molecule has 1 heterocycles. The molecule has 2 aromatic carbocycles. The van der Waals surface area contributed by atoms with Crippen LogP contribution in [0.5, 0.6) is 0 Å². The minimum absolute atomic E-state index is 0.246. The third-order valence-electron chi connectivity index (χ3n) is 5.03. The fourth-order valence-corrected chi connectivity index (χ4v) is 3.29. The summed E-state index contributed by atoms with van der Waals surface area (Å²) in [6.07, 6.45) is 1.08. The summed E-state index contributed by atoms with van der Waals surface area (Å²) in [4.78, 5) is 13.2. The maximum absolute atomic E-state index is 11.1. The summed E-state index contributed by atoms with van der Waals surface area (Å²) in [5.41, 5.74) is 5.95. The van der Waals surface area contributed by atoms with Gasteiger partial charge in [-0.15, -0.1) is 0 Å². The Morgan fingerprint density at radius 2 is 2.00 bits per heavy atom. The molecular formula is C22H28N2O2. The van der Waals surface area contributed by atoms with Gasteiger partial charge in [0.2, 0.25) is 0 Å². The van der Waals surface area contributed by atoms with Crippen LogP contribution in [0.25, 0.3) is 11.1 Å². The Morgan fingerprint density at radius 1 is 1.23 bits per heavy atom. The Hall–Kier alpha value is -2.49. The summed E-state index contributed by atoms with van der Waals surface area (Å²) in [6, 6.07) is 15.1. The second-order valence-corrected chi connectivity index (χ2v) is 7.38. The third kappa shape index (κ3) is 3.85. The molecule has 1 aliphatic heterocycles. The van der Waals surface area contributed by atoms with Crippen LogP contribution in [0, 0.1) is 5.92 Å². The lowest BCUT2D eigenvalue weighted by Gasteiger charge is -2.38. The van der Waals surface area contributed by atoms with Gasteiger partial charge in [0.05, 0.1) is 5.92 Å². The lowest BCUT2D eigenvalue weighted by molar-refractivity contribution is -0.142. The number of anilines is 2. The van der Waals surface area contributed by atoms with Gasteiger partial charge in [-0.3, -0.25) is 4.79 Å². The van der Waals surface area contributed by atoms with Crippen LogP contribution in [0.3, 0.4) is 0 Å². The van der Waals surface area contributed by atoms with Gasteiger partial charge in [0, 0.05) is 36.6 Å². The van der Waals surface area contributed by atoms with Gasteiger partial charge < -0.3 is 15.3 Å². The molecule has 3 rings (SSSR count). The Kier molecular flexibility index (Phi) is 5.50. The first-order chi connectivity index (χ1) is 12.5. The normalized spacial score (nSPS) is 14.4. The lowest BCUT2D eigenvalue weighted by Crippen LogP contribution is -2.50. The Morgan fingerprint density at radius 3 is 2.65 bits per heavy atom. The Balaban J connectivity index is 1.91. The molecule has 0 amide bonds. The topological polar surface area (TPSA) is 52.6 Å². The average Bonchev–Trinajstić information content (AvgIpc) is 2.58. The fourth-order valence-electron chi connectivity index (χ4n) is 3.29. The van der Waals surface area contributed by atoms with Crippen molar-refractivity contribution in [3.05, 3.63) is 48.0 Å². The molecule has 1 aliphatic rings. The van der Waals surface area contributed by atoms with Crippen LogP contribution < -0.4 is 10.2 Å². The van der Waals surface area contributed by atoms with Crippen LogP contribution in [-0.2, 0) is 4.79 Å². The van der Waals surface area contributed by atoms with E-state index in [4.69, 9.17) is 5.11 Å². The second-order valence-electron chi connectivity index (χ2n) is 7.38. The number of nitrogens with one attached hydrogen (secondary N) is 1. The monoisotopic (exact) mass is 352 g/mol. The van der Waals surface area contributed by atoms with E-state index in [1.54, 1.807) is 0 Å². The minimum Gasteiger partial charge on any atom is -0.481 e. The molecule has 0 aromatic heterocycles. The number of carboxylic acid groups (broad SMARTS) is 1. The van der Waals surface area contributed by atoms with Gasteiger partial charge in [0.25, 0.3) is 0 Å². The molecule has 0 unspecified atom stereocenters. The van der Waals surface area contributed by atoms with Gasteiger partial charge in [0.15, 0.2) is 0 Å². The smallest absolute Gasteiger partial charge is 0.310 e. The van der Waals surface area contributed by atoms with Crippen molar-refractivity contribution in [1.29, 1.82) is 0 Å². The molecule has 0 spiro atoms. The highest BCUT2D eigenvalue weighted by molar-refractivity contribution is 5.81. The van der Waals surface area contributed by atoms with E-state index in [1.807, 2.05) is 0 Å². The van der Waals surface area contributed by atoms with Gasteiger partial charge in [-0.25, -0.2) is 0 Å². The number of carboxylic acids is 1. The molecule has 0 atom stereocenters. The molecule has 0 radical (unpaired) electrons. The van der Waals surface area contributed by atoms with Crippen LogP contribution in [0.2, 0.25) is 0 Å².